The van der Waals surface area contributed by atoms with E-state index in [2.05, 4.69) is 22.2 Å². The molecule has 1 saturated heterocycles. The molecule has 268 valence electrons. The maximum absolute atomic E-state index is 13.5. The molecule has 1 aliphatic heterocycles. The molecule has 0 unspecified atom stereocenters. The first-order chi connectivity index (χ1) is 24.3. The molecular formula is C38H34ClF5N2O5. The fraction of sp³-hybridized carbons (Fsp3) is 0.342. The van der Waals surface area contributed by atoms with Gasteiger partial charge in [-0.05, 0) is 91.5 Å². The van der Waals surface area contributed by atoms with Crippen LogP contribution in [0.2, 0.25) is 5.02 Å². The van der Waals surface area contributed by atoms with Crippen LogP contribution >= 0.6 is 11.6 Å². The monoisotopic (exact) mass is 728 g/mol. The first-order valence-electron chi connectivity index (χ1n) is 16.6. The number of benzene rings is 3. The lowest BCUT2D eigenvalue weighted by atomic mass is 9.79. The van der Waals surface area contributed by atoms with Gasteiger partial charge in [0.15, 0.2) is 11.2 Å². The largest absolute Gasteiger partial charge is 0.499 e. The molecule has 1 N–H and O–H groups in total. The van der Waals surface area contributed by atoms with Crippen molar-refractivity contribution in [2.75, 3.05) is 6.54 Å². The third kappa shape index (κ3) is 8.61. The van der Waals surface area contributed by atoms with Crippen LogP contribution < -0.4 is 15.5 Å². The predicted octanol–water partition coefficient (Wildman–Crippen LogP) is 8.73. The van der Waals surface area contributed by atoms with Crippen LogP contribution in [-0.2, 0) is 17.8 Å². The Morgan fingerprint density at radius 3 is 2.39 bits per heavy atom. The van der Waals surface area contributed by atoms with Gasteiger partial charge in [0.25, 0.3) is 5.91 Å². The number of alkyl halides is 5. The van der Waals surface area contributed by atoms with Crippen molar-refractivity contribution >= 4 is 34.4 Å². The van der Waals surface area contributed by atoms with Gasteiger partial charge < -0.3 is 19.4 Å². The van der Waals surface area contributed by atoms with Crippen molar-refractivity contribution in [3.8, 4) is 5.75 Å². The average molecular weight is 729 g/mol. The Morgan fingerprint density at radius 1 is 0.980 bits per heavy atom. The highest BCUT2D eigenvalue weighted by molar-refractivity contribution is 6.30. The molecule has 1 saturated carbocycles. The number of ether oxygens (including phenoxy) is 1. The van der Waals surface area contributed by atoms with Crippen molar-refractivity contribution < 1.29 is 40.7 Å². The SMILES string of the molecule is O=C(N[C@H](C=C1CCC(c2ccccc2CN2CCCC2=O)CC1)Cc1ccc(Cl)cc1)c1cc(=O)c2cc(OC(F)(F)C(F)(F)F)ccc2o1. The number of halogens is 6. The highest BCUT2D eigenvalue weighted by atomic mass is 35.5. The van der Waals surface area contributed by atoms with Gasteiger partial charge in [0.2, 0.25) is 5.91 Å². The number of likely N-dealkylation sites (tertiary alicyclic amines) is 1. The summed E-state index contributed by atoms with van der Waals surface area (Å²) in [5.74, 6) is -1.47. The van der Waals surface area contributed by atoms with Gasteiger partial charge in [-0.15, -0.1) is 0 Å². The second kappa shape index (κ2) is 14.9. The second-order valence-corrected chi connectivity index (χ2v) is 13.3. The van der Waals surface area contributed by atoms with E-state index in [9.17, 15) is 36.3 Å². The highest BCUT2D eigenvalue weighted by Crippen LogP contribution is 2.39. The van der Waals surface area contributed by atoms with Crippen LogP contribution in [0, 0.1) is 0 Å². The maximum atomic E-state index is 13.5. The van der Waals surface area contributed by atoms with Gasteiger partial charge in [-0.3, -0.25) is 14.4 Å². The molecule has 2 fully saturated rings. The molecule has 13 heteroatoms. The Balaban J connectivity index is 1.18. The maximum Gasteiger partial charge on any atom is 0.499 e. The second-order valence-electron chi connectivity index (χ2n) is 12.9. The number of carbonyl (C=O) groups excluding carboxylic acids is 2. The van der Waals surface area contributed by atoms with E-state index in [1.54, 1.807) is 12.1 Å². The molecule has 2 heterocycles. The Hall–Kier alpha value is -4.71. The molecule has 0 bridgehead atoms. The van der Waals surface area contributed by atoms with Gasteiger partial charge >= 0.3 is 12.3 Å². The molecule has 1 aromatic heterocycles. The van der Waals surface area contributed by atoms with Crippen molar-refractivity contribution in [3.63, 3.8) is 0 Å². The number of nitrogens with zero attached hydrogens (tertiary/aromatic N) is 1. The summed E-state index contributed by atoms with van der Waals surface area (Å²) in [5, 5.41) is 3.14. The van der Waals surface area contributed by atoms with Gasteiger partial charge in [0, 0.05) is 30.6 Å². The van der Waals surface area contributed by atoms with Crippen LogP contribution in [0.3, 0.4) is 0 Å². The number of fused-ring (bicyclic) bond motifs is 1. The molecule has 1 atom stereocenters. The third-order valence-corrected chi connectivity index (χ3v) is 9.53. The summed E-state index contributed by atoms with van der Waals surface area (Å²) < 4.78 is 74.1. The van der Waals surface area contributed by atoms with Crippen LogP contribution in [0.15, 0.2) is 93.7 Å². The van der Waals surface area contributed by atoms with E-state index in [0.717, 1.165) is 73.5 Å². The van der Waals surface area contributed by atoms with Crippen molar-refractivity contribution in [1.29, 1.82) is 0 Å². The molecule has 3 aromatic carbocycles. The highest BCUT2D eigenvalue weighted by Gasteiger charge is 2.61. The zero-order valence-electron chi connectivity index (χ0n) is 27.3. The minimum Gasteiger partial charge on any atom is -0.451 e. The summed E-state index contributed by atoms with van der Waals surface area (Å²) in [6, 6.07) is 18.3. The Morgan fingerprint density at radius 2 is 1.71 bits per heavy atom. The quantitative estimate of drug-likeness (QED) is 0.130. The van der Waals surface area contributed by atoms with Crippen LogP contribution in [0.1, 0.15) is 71.7 Å². The number of carbonyl (C=O) groups is 2. The molecule has 0 spiro atoms. The number of amides is 2. The van der Waals surface area contributed by atoms with Crippen molar-refractivity contribution in [2.45, 2.75) is 75.7 Å². The van der Waals surface area contributed by atoms with Gasteiger partial charge in [0.05, 0.1) is 11.4 Å². The number of hydrogen-bond donors (Lipinski definition) is 1. The average Bonchev–Trinajstić information content (AvgIpc) is 3.49. The first-order valence-corrected chi connectivity index (χ1v) is 17.0. The van der Waals surface area contributed by atoms with E-state index in [1.807, 2.05) is 35.2 Å². The van der Waals surface area contributed by atoms with E-state index < -0.39 is 35.4 Å². The van der Waals surface area contributed by atoms with Crippen LogP contribution in [-0.4, -0.2) is 41.6 Å². The van der Waals surface area contributed by atoms with Gasteiger partial charge in [-0.1, -0.05) is 59.6 Å². The van der Waals surface area contributed by atoms with E-state index in [-0.39, 0.29) is 22.6 Å². The first kappa shape index (κ1) is 36.1. The Kier molecular flexibility index (Phi) is 10.5. The molecule has 2 aliphatic rings. The van der Waals surface area contributed by atoms with Crippen LogP contribution in [0.4, 0.5) is 22.0 Å². The molecule has 7 nitrogen and oxygen atoms in total. The van der Waals surface area contributed by atoms with Crippen LogP contribution in [0.5, 0.6) is 5.75 Å². The lowest BCUT2D eigenvalue weighted by Crippen LogP contribution is -2.41. The summed E-state index contributed by atoms with van der Waals surface area (Å²) in [6.07, 6.45) is -4.20. The molecule has 1 aliphatic carbocycles. The summed E-state index contributed by atoms with van der Waals surface area (Å²) >= 11 is 6.08. The fourth-order valence-electron chi connectivity index (χ4n) is 6.69. The standard InChI is InChI=1S/C38H34ClF5N2O5/c39-27-13-9-24(10-14-27)19-28(18-23-7-11-25(12-8-23)30-5-2-1-4-26(30)22-46-17-3-6-35(46)48)45-36(49)34-21-32(47)31-20-29(15-16-33(31)50-34)51-38(43,44)37(40,41)42/h1-2,4-5,9-10,13-16,18,20-21,25,28H,3,6-8,11-12,17,19,22H2,(H,45,49)/t25?,28-/m1/s1. The summed E-state index contributed by atoms with van der Waals surface area (Å²) in [5.41, 5.74) is 3.43. The predicted molar refractivity (Wildman–Crippen MR) is 181 cm³/mol. The van der Waals surface area contributed by atoms with Crippen molar-refractivity contribution in [1.82, 2.24) is 10.2 Å². The fourth-order valence-corrected chi connectivity index (χ4v) is 6.81. The molecule has 6 rings (SSSR count). The summed E-state index contributed by atoms with van der Waals surface area (Å²) in [4.78, 5) is 40.6. The molecule has 2 amide bonds. The smallest absolute Gasteiger partial charge is 0.451 e. The molecule has 4 aromatic rings. The van der Waals surface area contributed by atoms with Gasteiger partial charge in [0.1, 0.15) is 11.3 Å². The zero-order valence-corrected chi connectivity index (χ0v) is 28.0. The summed E-state index contributed by atoms with van der Waals surface area (Å²) in [6.45, 7) is 1.38. The molecule has 0 radical (unpaired) electrons. The topological polar surface area (TPSA) is 88.9 Å². The Bertz CT molecular complexity index is 2000. The van der Waals surface area contributed by atoms with Gasteiger partial charge in [-0.2, -0.15) is 22.0 Å². The van der Waals surface area contributed by atoms with Crippen molar-refractivity contribution in [3.05, 3.63) is 122 Å². The Labute approximate surface area is 295 Å². The van der Waals surface area contributed by atoms with E-state index in [0.29, 0.717) is 36.4 Å². The zero-order chi connectivity index (χ0) is 36.3. The normalized spacial score (nSPS) is 17.5. The minimum absolute atomic E-state index is 0.186. The number of allylic oxidation sites excluding steroid dienone is 1. The summed E-state index contributed by atoms with van der Waals surface area (Å²) in [7, 11) is 0. The van der Waals surface area contributed by atoms with Gasteiger partial charge in [-0.25, -0.2) is 0 Å². The van der Waals surface area contributed by atoms with Crippen LogP contribution in [0.25, 0.3) is 11.0 Å². The molecular weight excluding hydrogens is 695 g/mol. The minimum atomic E-state index is -5.97. The third-order valence-electron chi connectivity index (χ3n) is 9.28. The van der Waals surface area contributed by atoms with E-state index in [1.165, 1.54) is 5.56 Å². The van der Waals surface area contributed by atoms with E-state index >= 15 is 0 Å². The number of nitrogens with one attached hydrogen (secondary N) is 1. The lowest BCUT2D eigenvalue weighted by molar-refractivity contribution is -0.360. The van der Waals surface area contributed by atoms with E-state index in [4.69, 9.17) is 16.0 Å². The molecule has 51 heavy (non-hydrogen) atoms. The number of rotatable bonds is 10. The number of hydrogen-bond acceptors (Lipinski definition) is 5. The lowest BCUT2D eigenvalue weighted by Gasteiger charge is -2.28. The van der Waals surface area contributed by atoms with Crippen molar-refractivity contribution in [2.24, 2.45) is 0 Å².